The molecule has 1 atom stereocenters. The number of aromatic nitrogens is 1. The number of hydrogen-bond acceptors (Lipinski definition) is 1. The molecular formula is C20H19ClN2O. The van der Waals surface area contributed by atoms with Crippen molar-refractivity contribution in [3.05, 3.63) is 89.2 Å². The molecule has 0 radical (unpaired) electrons. The van der Waals surface area contributed by atoms with Crippen molar-refractivity contribution in [2.45, 2.75) is 19.4 Å². The van der Waals surface area contributed by atoms with Crippen LogP contribution >= 0.6 is 11.6 Å². The van der Waals surface area contributed by atoms with Gasteiger partial charge in [0.25, 0.3) is 0 Å². The van der Waals surface area contributed by atoms with E-state index in [1.165, 1.54) is 0 Å². The Balaban J connectivity index is 1.85. The molecule has 3 aromatic rings. The number of amides is 1. The third kappa shape index (κ3) is 3.69. The molecule has 1 N–H and O–H groups in total. The summed E-state index contributed by atoms with van der Waals surface area (Å²) < 4.78 is 1.93. The predicted octanol–water partition coefficient (Wildman–Crippen LogP) is 4.87. The van der Waals surface area contributed by atoms with Gasteiger partial charge in [-0.2, -0.15) is 0 Å². The molecule has 24 heavy (non-hydrogen) atoms. The molecule has 3 nitrogen and oxygen atoms in total. The number of hydrogen-bond donors (Lipinski definition) is 1. The topological polar surface area (TPSA) is 34.0 Å². The van der Waals surface area contributed by atoms with Gasteiger partial charge in [0.05, 0.1) is 0 Å². The molecule has 0 spiro atoms. The van der Waals surface area contributed by atoms with Gasteiger partial charge in [0, 0.05) is 29.5 Å². The predicted molar refractivity (Wildman–Crippen MR) is 98.4 cm³/mol. The Morgan fingerprint density at radius 1 is 1.04 bits per heavy atom. The van der Waals surface area contributed by atoms with Crippen LogP contribution in [-0.4, -0.2) is 10.5 Å². The van der Waals surface area contributed by atoms with Gasteiger partial charge in [-0.1, -0.05) is 48.0 Å². The van der Waals surface area contributed by atoms with E-state index in [1.807, 2.05) is 84.5 Å². The quantitative estimate of drug-likeness (QED) is 0.707. The second kappa shape index (κ2) is 7.37. The van der Waals surface area contributed by atoms with Crippen LogP contribution in [0.15, 0.2) is 73.1 Å². The third-order valence-electron chi connectivity index (χ3n) is 4.09. The molecule has 0 aliphatic heterocycles. The van der Waals surface area contributed by atoms with E-state index in [1.54, 1.807) is 0 Å². The van der Waals surface area contributed by atoms with E-state index in [2.05, 4.69) is 5.32 Å². The van der Waals surface area contributed by atoms with Crippen LogP contribution in [0.2, 0.25) is 5.02 Å². The van der Waals surface area contributed by atoms with Crippen molar-refractivity contribution < 1.29 is 4.79 Å². The SMILES string of the molecule is Cc1c(Cl)cccc1NC(=O)[C@H](Cc1ccccc1)n1cccc1. The third-order valence-corrected chi connectivity index (χ3v) is 4.50. The molecule has 1 heterocycles. The lowest BCUT2D eigenvalue weighted by molar-refractivity contribution is -0.119. The summed E-state index contributed by atoms with van der Waals surface area (Å²) in [6.07, 6.45) is 4.46. The number of halogens is 1. The maximum Gasteiger partial charge on any atom is 0.247 e. The monoisotopic (exact) mass is 338 g/mol. The maximum absolute atomic E-state index is 12.9. The van der Waals surface area contributed by atoms with E-state index in [9.17, 15) is 4.79 Å². The van der Waals surface area contributed by atoms with Gasteiger partial charge in [-0.05, 0) is 42.3 Å². The van der Waals surface area contributed by atoms with Crippen LogP contribution in [0.1, 0.15) is 17.2 Å². The first-order chi connectivity index (χ1) is 11.6. The second-order valence-corrected chi connectivity index (χ2v) is 6.14. The van der Waals surface area contributed by atoms with Gasteiger partial charge in [0.1, 0.15) is 6.04 Å². The number of benzene rings is 2. The fourth-order valence-corrected chi connectivity index (χ4v) is 2.86. The van der Waals surface area contributed by atoms with Crippen molar-refractivity contribution in [3.8, 4) is 0 Å². The van der Waals surface area contributed by atoms with Crippen LogP contribution in [0.5, 0.6) is 0 Å². The van der Waals surface area contributed by atoms with Gasteiger partial charge in [0.2, 0.25) is 5.91 Å². The average molecular weight is 339 g/mol. The minimum absolute atomic E-state index is 0.0552. The summed E-state index contributed by atoms with van der Waals surface area (Å²) in [5.74, 6) is -0.0552. The van der Waals surface area contributed by atoms with Crippen molar-refractivity contribution in [2.24, 2.45) is 0 Å². The van der Waals surface area contributed by atoms with Gasteiger partial charge in [-0.3, -0.25) is 4.79 Å². The molecule has 1 aromatic heterocycles. The van der Waals surface area contributed by atoms with Crippen molar-refractivity contribution in [3.63, 3.8) is 0 Å². The Morgan fingerprint density at radius 2 is 1.75 bits per heavy atom. The summed E-state index contributed by atoms with van der Waals surface area (Å²) in [7, 11) is 0. The van der Waals surface area contributed by atoms with E-state index in [0.29, 0.717) is 11.4 Å². The lowest BCUT2D eigenvalue weighted by Gasteiger charge is -2.20. The second-order valence-electron chi connectivity index (χ2n) is 5.74. The van der Waals surface area contributed by atoms with Crippen LogP contribution in [-0.2, 0) is 11.2 Å². The number of carbonyl (C=O) groups is 1. The molecule has 0 fully saturated rings. The summed E-state index contributed by atoms with van der Waals surface area (Å²) in [6.45, 7) is 1.90. The summed E-state index contributed by atoms with van der Waals surface area (Å²) >= 11 is 6.15. The zero-order valence-electron chi connectivity index (χ0n) is 13.4. The van der Waals surface area contributed by atoms with E-state index >= 15 is 0 Å². The molecule has 0 aliphatic rings. The van der Waals surface area contributed by atoms with Crippen molar-refractivity contribution in [2.75, 3.05) is 5.32 Å². The van der Waals surface area contributed by atoms with Crippen LogP contribution in [0.3, 0.4) is 0 Å². The molecule has 2 aromatic carbocycles. The van der Waals surface area contributed by atoms with Crippen molar-refractivity contribution >= 4 is 23.2 Å². The number of nitrogens with zero attached hydrogens (tertiary/aromatic N) is 1. The molecule has 3 rings (SSSR count). The van der Waals surface area contributed by atoms with E-state index in [4.69, 9.17) is 11.6 Å². The molecule has 0 saturated heterocycles. The highest BCUT2D eigenvalue weighted by molar-refractivity contribution is 6.31. The zero-order valence-corrected chi connectivity index (χ0v) is 14.2. The van der Waals surface area contributed by atoms with Crippen LogP contribution < -0.4 is 5.32 Å². The number of carbonyl (C=O) groups excluding carboxylic acids is 1. The number of rotatable bonds is 5. The standard InChI is InChI=1S/C20H19ClN2O/c1-15-17(21)10-7-11-18(15)22-20(24)19(23-12-5-6-13-23)14-16-8-3-2-4-9-16/h2-13,19H,14H2,1H3,(H,22,24)/t19-/m0/s1. The smallest absolute Gasteiger partial charge is 0.247 e. The highest BCUT2D eigenvalue weighted by Crippen LogP contribution is 2.25. The Morgan fingerprint density at radius 3 is 2.46 bits per heavy atom. The summed E-state index contributed by atoms with van der Waals surface area (Å²) in [5.41, 5.74) is 2.74. The molecule has 0 bridgehead atoms. The highest BCUT2D eigenvalue weighted by atomic mass is 35.5. The normalized spacial score (nSPS) is 11.9. The van der Waals surface area contributed by atoms with E-state index < -0.39 is 0 Å². The zero-order chi connectivity index (χ0) is 16.9. The fourth-order valence-electron chi connectivity index (χ4n) is 2.69. The molecule has 0 saturated carbocycles. The molecule has 4 heteroatoms. The molecule has 1 amide bonds. The highest BCUT2D eigenvalue weighted by Gasteiger charge is 2.21. The number of anilines is 1. The Hall–Kier alpha value is -2.52. The average Bonchev–Trinajstić information content (AvgIpc) is 3.12. The summed E-state index contributed by atoms with van der Waals surface area (Å²) in [4.78, 5) is 12.9. The van der Waals surface area contributed by atoms with Crippen molar-refractivity contribution in [1.82, 2.24) is 4.57 Å². The van der Waals surface area contributed by atoms with Crippen molar-refractivity contribution in [1.29, 1.82) is 0 Å². The maximum atomic E-state index is 12.9. The summed E-state index contributed by atoms with van der Waals surface area (Å²) in [6, 6.07) is 19.1. The fraction of sp³-hybridized carbons (Fsp3) is 0.150. The van der Waals surface area contributed by atoms with Gasteiger partial charge >= 0.3 is 0 Å². The van der Waals surface area contributed by atoms with Gasteiger partial charge in [0.15, 0.2) is 0 Å². The number of nitrogens with one attached hydrogen (secondary N) is 1. The molecule has 122 valence electrons. The summed E-state index contributed by atoms with van der Waals surface area (Å²) in [5, 5.41) is 3.66. The van der Waals surface area contributed by atoms with Gasteiger partial charge in [-0.15, -0.1) is 0 Å². The first-order valence-electron chi connectivity index (χ1n) is 7.87. The van der Waals surface area contributed by atoms with Crippen LogP contribution in [0, 0.1) is 6.92 Å². The van der Waals surface area contributed by atoms with Gasteiger partial charge < -0.3 is 9.88 Å². The van der Waals surface area contributed by atoms with Gasteiger partial charge in [-0.25, -0.2) is 0 Å². The largest absolute Gasteiger partial charge is 0.342 e. The lowest BCUT2D eigenvalue weighted by atomic mass is 10.0. The Bertz CT molecular complexity index is 813. The minimum atomic E-state index is -0.319. The molecular weight excluding hydrogens is 320 g/mol. The molecule has 0 unspecified atom stereocenters. The first kappa shape index (κ1) is 16.3. The minimum Gasteiger partial charge on any atom is -0.342 e. The van der Waals surface area contributed by atoms with Crippen LogP contribution in [0.4, 0.5) is 5.69 Å². The van der Waals surface area contributed by atoms with E-state index in [-0.39, 0.29) is 11.9 Å². The Labute approximate surface area is 146 Å². The molecule has 0 aliphatic carbocycles. The van der Waals surface area contributed by atoms with Crippen LogP contribution in [0.25, 0.3) is 0 Å². The lowest BCUT2D eigenvalue weighted by Crippen LogP contribution is -2.27. The van der Waals surface area contributed by atoms with E-state index in [0.717, 1.165) is 16.8 Å². The Kier molecular flexibility index (Phi) is 5.02. The first-order valence-corrected chi connectivity index (χ1v) is 8.25.